The van der Waals surface area contributed by atoms with Gasteiger partial charge in [0, 0.05) is 7.11 Å². The van der Waals surface area contributed by atoms with Gasteiger partial charge >= 0.3 is 8.53 Å². The third-order valence-electron chi connectivity index (χ3n) is 6.39. The Labute approximate surface area is 237 Å². The van der Waals surface area contributed by atoms with E-state index < -0.39 is 33.4 Å². The van der Waals surface area contributed by atoms with Gasteiger partial charge in [0.15, 0.2) is 17.1 Å². The number of imidazole rings is 1. The summed E-state index contributed by atoms with van der Waals surface area (Å²) < 4.78 is 52.5. The minimum atomic E-state index is -2.83. The van der Waals surface area contributed by atoms with Crippen LogP contribution in [0.1, 0.15) is 32.9 Å². The number of methoxy groups -OCH3 is 1. The minimum Gasteiger partial charge on any atom is -0.436 e. The molecule has 14 heteroatoms. The van der Waals surface area contributed by atoms with E-state index in [0.717, 1.165) is 10.8 Å². The molecule has 0 bridgehead atoms. The molecule has 4 aromatic rings. The highest BCUT2D eigenvalue weighted by Gasteiger charge is 2.50. The molecule has 11 nitrogen and oxygen atoms in total. The average Bonchev–Trinajstić information content (AvgIpc) is 3.61. The topological polar surface area (TPSA) is 136 Å². The van der Waals surface area contributed by atoms with Crippen LogP contribution in [0.15, 0.2) is 55.1 Å². The Kier molecular flexibility index (Phi) is 10.5. The Hall–Kier alpha value is -3.35. The highest BCUT2D eigenvalue weighted by molar-refractivity contribution is 7.45. The lowest BCUT2D eigenvalue weighted by Crippen LogP contribution is -2.42. The van der Waals surface area contributed by atoms with Crippen molar-refractivity contribution in [1.82, 2.24) is 24.6 Å². The van der Waals surface area contributed by atoms with Crippen LogP contribution < -0.4 is 15.3 Å². The van der Waals surface area contributed by atoms with Gasteiger partial charge in [0.05, 0.1) is 25.6 Å². The molecule has 0 spiro atoms. The quantitative estimate of drug-likeness (QED) is 0.181. The number of nitrogens with zero attached hydrogens (tertiary/aromatic N) is 4. The molecular formula is C27H33F2N6O5P. The lowest BCUT2D eigenvalue weighted by molar-refractivity contribution is -0.164. The fourth-order valence-corrected chi connectivity index (χ4v) is 5.14. The van der Waals surface area contributed by atoms with Crippen molar-refractivity contribution >= 4 is 42.6 Å². The third-order valence-corrected chi connectivity index (χ3v) is 7.57. The fourth-order valence-electron chi connectivity index (χ4n) is 4.07. The number of hydrogen-bond acceptors (Lipinski definition) is 10. The van der Waals surface area contributed by atoms with E-state index in [9.17, 15) is 13.6 Å². The van der Waals surface area contributed by atoms with Gasteiger partial charge in [-0.25, -0.2) is 28.8 Å². The molecule has 5 rings (SSSR count). The van der Waals surface area contributed by atoms with E-state index in [-0.39, 0.29) is 25.2 Å². The largest absolute Gasteiger partial charge is 0.436 e. The maximum atomic E-state index is 14.3. The number of nitrogen functional groups attached to an aromatic ring is 1. The number of alkyl halides is 2. The van der Waals surface area contributed by atoms with E-state index in [1.54, 1.807) is 17.7 Å². The van der Waals surface area contributed by atoms with Crippen molar-refractivity contribution in [3.63, 3.8) is 0 Å². The SMILES string of the molecule is COC(C)C.Nc1ncnc2c1ncn2C1CCC(COP(NCC=O)Oc2ccc3ccccc3c2)(C(F)F)O1. The lowest BCUT2D eigenvalue weighted by atomic mass is 10.0. The standard InChI is InChI=1S/C23H23F2N6O4P.C4H10O/c24-22(25)23(8-7-18(34-23)31-14-29-19-20(26)27-13-28-21(19)31)12-33-36(30-9-10-32)35-17-6-5-15-3-1-2-4-16(15)11-17;1-4(2)5-3/h1-6,10-11,13-14,18,22,30H,7-9,12H2,(H2,26,27,28);4H,1-3H3. The molecular weight excluding hydrogens is 557 g/mol. The number of rotatable bonds is 11. The van der Waals surface area contributed by atoms with Crippen molar-refractivity contribution in [3.05, 3.63) is 55.1 Å². The Morgan fingerprint density at radius 2 is 1.98 bits per heavy atom. The zero-order valence-electron chi connectivity index (χ0n) is 22.9. The average molecular weight is 591 g/mol. The Morgan fingerprint density at radius 3 is 2.68 bits per heavy atom. The Morgan fingerprint density at radius 1 is 1.22 bits per heavy atom. The van der Waals surface area contributed by atoms with Crippen LogP contribution in [0.3, 0.4) is 0 Å². The number of carbonyl (C=O) groups is 1. The molecule has 1 aliphatic rings. The molecule has 0 amide bonds. The van der Waals surface area contributed by atoms with Crippen LogP contribution >= 0.6 is 8.53 Å². The molecule has 41 heavy (non-hydrogen) atoms. The summed E-state index contributed by atoms with van der Waals surface area (Å²) in [5, 5.41) is 4.79. The first kappa shape index (κ1) is 30.6. The van der Waals surface area contributed by atoms with E-state index in [1.165, 1.54) is 12.7 Å². The molecule has 3 heterocycles. The fraction of sp³-hybridized carbons (Fsp3) is 0.407. The second kappa shape index (κ2) is 14.0. The van der Waals surface area contributed by atoms with Crippen LogP contribution in [0.4, 0.5) is 14.6 Å². The number of fused-ring (bicyclic) bond motifs is 2. The molecule has 1 aliphatic heterocycles. The minimum absolute atomic E-state index is 0.0302. The molecule has 3 N–H and O–H groups in total. The first-order valence-electron chi connectivity index (χ1n) is 12.9. The summed E-state index contributed by atoms with van der Waals surface area (Å²) in [6, 6.07) is 13.2. The summed E-state index contributed by atoms with van der Waals surface area (Å²) in [6.45, 7) is 3.49. The van der Waals surface area contributed by atoms with Crippen LogP contribution in [0.5, 0.6) is 5.75 Å². The molecule has 1 fully saturated rings. The predicted molar refractivity (Wildman–Crippen MR) is 151 cm³/mol. The first-order chi connectivity index (χ1) is 19.8. The number of benzene rings is 2. The van der Waals surface area contributed by atoms with Crippen molar-refractivity contribution < 1.29 is 32.1 Å². The summed E-state index contributed by atoms with van der Waals surface area (Å²) >= 11 is 0. The van der Waals surface area contributed by atoms with Gasteiger partial charge in [-0.05, 0) is 49.6 Å². The van der Waals surface area contributed by atoms with Gasteiger partial charge in [-0.15, -0.1) is 0 Å². The monoisotopic (exact) mass is 590 g/mol. The van der Waals surface area contributed by atoms with Gasteiger partial charge in [-0.2, -0.15) is 0 Å². The first-order valence-corrected chi connectivity index (χ1v) is 14.1. The predicted octanol–water partition coefficient (Wildman–Crippen LogP) is 5.03. The van der Waals surface area contributed by atoms with E-state index in [1.807, 2.05) is 50.2 Å². The Bertz CT molecular complexity index is 1440. The van der Waals surface area contributed by atoms with Crippen LogP contribution in [0.2, 0.25) is 0 Å². The molecule has 3 atom stereocenters. The number of anilines is 1. The third kappa shape index (κ3) is 7.49. The van der Waals surface area contributed by atoms with Gasteiger partial charge in [0.1, 0.15) is 30.1 Å². The second-order valence-electron chi connectivity index (χ2n) is 9.50. The summed E-state index contributed by atoms with van der Waals surface area (Å²) in [4.78, 5) is 23.2. The van der Waals surface area contributed by atoms with Crippen LogP contribution in [-0.2, 0) is 18.8 Å². The number of nitrogens with one attached hydrogen (secondary N) is 1. The zero-order chi connectivity index (χ0) is 29.4. The molecule has 2 aromatic carbocycles. The highest BCUT2D eigenvalue weighted by atomic mass is 31.2. The van der Waals surface area contributed by atoms with E-state index in [4.69, 9.17) is 24.3 Å². The number of aromatic nitrogens is 4. The molecule has 3 unspecified atom stereocenters. The van der Waals surface area contributed by atoms with Crippen molar-refractivity contribution in [3.8, 4) is 5.75 Å². The van der Waals surface area contributed by atoms with Gasteiger partial charge < -0.3 is 29.0 Å². The highest BCUT2D eigenvalue weighted by Crippen LogP contribution is 2.45. The van der Waals surface area contributed by atoms with Crippen LogP contribution in [0.25, 0.3) is 21.9 Å². The number of halogens is 2. The van der Waals surface area contributed by atoms with Gasteiger partial charge in [0.2, 0.25) is 0 Å². The number of carbonyl (C=O) groups excluding carboxylic acids is 1. The van der Waals surface area contributed by atoms with Crippen molar-refractivity contribution in [2.45, 2.75) is 51.0 Å². The molecule has 0 radical (unpaired) electrons. The van der Waals surface area contributed by atoms with E-state index in [2.05, 4.69) is 20.0 Å². The van der Waals surface area contributed by atoms with Crippen molar-refractivity contribution in [1.29, 1.82) is 0 Å². The summed E-state index contributed by atoms with van der Waals surface area (Å²) in [7, 11) is -0.215. The molecule has 2 aromatic heterocycles. The summed E-state index contributed by atoms with van der Waals surface area (Å²) in [5.74, 6) is 0.676. The molecule has 0 aliphatic carbocycles. The number of hydrogen-bond donors (Lipinski definition) is 2. The second-order valence-corrected chi connectivity index (χ2v) is 10.8. The normalized spacial score (nSPS) is 19.4. The Balaban J connectivity index is 0.000000714. The zero-order valence-corrected chi connectivity index (χ0v) is 23.8. The molecule has 220 valence electrons. The maximum absolute atomic E-state index is 14.3. The van der Waals surface area contributed by atoms with Gasteiger partial charge in [0.25, 0.3) is 6.43 Å². The molecule has 0 saturated carbocycles. The van der Waals surface area contributed by atoms with Crippen LogP contribution in [0, 0.1) is 0 Å². The van der Waals surface area contributed by atoms with E-state index >= 15 is 0 Å². The summed E-state index contributed by atoms with van der Waals surface area (Å²) in [5.41, 5.74) is 4.72. The van der Waals surface area contributed by atoms with Crippen molar-refractivity contribution in [2.75, 3.05) is 26.0 Å². The number of nitrogens with two attached hydrogens (primary N) is 1. The van der Waals surface area contributed by atoms with Crippen LogP contribution in [-0.4, -0.2) is 64.2 Å². The number of aldehydes is 1. The molecule has 1 saturated heterocycles. The van der Waals surface area contributed by atoms with Gasteiger partial charge in [-0.1, -0.05) is 30.3 Å². The van der Waals surface area contributed by atoms with Crippen molar-refractivity contribution in [2.24, 2.45) is 0 Å². The smallest absolute Gasteiger partial charge is 0.318 e. The van der Waals surface area contributed by atoms with E-state index in [0.29, 0.717) is 29.3 Å². The number of ether oxygens (including phenoxy) is 2. The lowest BCUT2D eigenvalue weighted by Gasteiger charge is -2.30. The van der Waals surface area contributed by atoms with Gasteiger partial charge in [-0.3, -0.25) is 4.57 Å². The summed E-state index contributed by atoms with van der Waals surface area (Å²) in [6.07, 6.45) is 0.504. The maximum Gasteiger partial charge on any atom is 0.318 e.